The highest BCUT2D eigenvalue weighted by atomic mass is 127. The Morgan fingerprint density at radius 3 is 2.68 bits per heavy atom. The van der Waals surface area contributed by atoms with Crippen LogP contribution in [0.15, 0.2) is 40.9 Å². The molecule has 2 rings (SSSR count). The second kappa shape index (κ2) is 6.37. The Morgan fingerprint density at radius 2 is 2.00 bits per heavy atom. The molecule has 4 heteroatoms. The molecule has 0 amide bonds. The van der Waals surface area contributed by atoms with Crippen LogP contribution >= 0.6 is 50.1 Å². The smallest absolute Gasteiger partial charge is 0.168 e. The zero-order chi connectivity index (χ0) is 14.0. The Kier molecular flexibility index (Phi) is 5.03. The van der Waals surface area contributed by atoms with Crippen LogP contribution in [0.2, 0.25) is 5.02 Å². The molecular weight excluding hydrogens is 438 g/mol. The van der Waals surface area contributed by atoms with Crippen molar-refractivity contribution in [3.8, 4) is 0 Å². The minimum absolute atomic E-state index is 0.0800. The first-order valence-electron chi connectivity index (χ1n) is 5.70. The molecule has 0 aliphatic carbocycles. The van der Waals surface area contributed by atoms with E-state index in [0.29, 0.717) is 11.4 Å². The van der Waals surface area contributed by atoms with Crippen molar-refractivity contribution in [2.45, 2.75) is 13.3 Å². The number of Topliss-reactive ketones (excluding diaryl/α,β-unsaturated/α-hetero) is 1. The van der Waals surface area contributed by atoms with Gasteiger partial charge in [-0.15, -0.1) is 0 Å². The van der Waals surface area contributed by atoms with Crippen LogP contribution < -0.4 is 0 Å². The van der Waals surface area contributed by atoms with E-state index in [4.69, 9.17) is 11.6 Å². The minimum atomic E-state index is 0.0800. The van der Waals surface area contributed by atoms with E-state index in [1.165, 1.54) is 0 Å². The van der Waals surface area contributed by atoms with Crippen molar-refractivity contribution in [2.75, 3.05) is 0 Å². The Hall–Kier alpha value is -0.390. The van der Waals surface area contributed by atoms with E-state index < -0.39 is 0 Å². The highest BCUT2D eigenvalue weighted by molar-refractivity contribution is 14.1. The maximum Gasteiger partial charge on any atom is 0.168 e. The topological polar surface area (TPSA) is 17.1 Å². The lowest BCUT2D eigenvalue weighted by atomic mass is 10.0. The summed E-state index contributed by atoms with van der Waals surface area (Å²) in [6, 6.07) is 11.5. The molecule has 0 bridgehead atoms. The van der Waals surface area contributed by atoms with E-state index in [2.05, 4.69) is 38.5 Å². The highest BCUT2D eigenvalue weighted by Gasteiger charge is 2.13. The van der Waals surface area contributed by atoms with Crippen molar-refractivity contribution in [1.29, 1.82) is 0 Å². The van der Waals surface area contributed by atoms with Gasteiger partial charge >= 0.3 is 0 Å². The first-order valence-corrected chi connectivity index (χ1v) is 7.95. The van der Waals surface area contributed by atoms with Gasteiger partial charge in [0.2, 0.25) is 0 Å². The third-order valence-electron chi connectivity index (χ3n) is 2.79. The second-order valence-electron chi connectivity index (χ2n) is 4.32. The maximum absolute atomic E-state index is 12.3. The molecule has 0 radical (unpaired) electrons. The number of hydrogen-bond acceptors (Lipinski definition) is 1. The molecule has 0 aliphatic heterocycles. The van der Waals surface area contributed by atoms with Gasteiger partial charge in [-0.1, -0.05) is 39.7 Å². The van der Waals surface area contributed by atoms with Gasteiger partial charge in [0.25, 0.3) is 0 Å². The van der Waals surface area contributed by atoms with Gasteiger partial charge in [0.05, 0.1) is 0 Å². The summed E-state index contributed by atoms with van der Waals surface area (Å²) in [5, 5.41) is 0.651. The molecule has 19 heavy (non-hydrogen) atoms. The third kappa shape index (κ3) is 3.80. The van der Waals surface area contributed by atoms with Crippen molar-refractivity contribution in [3.63, 3.8) is 0 Å². The highest BCUT2D eigenvalue weighted by Crippen LogP contribution is 2.23. The van der Waals surface area contributed by atoms with Crippen molar-refractivity contribution >= 4 is 55.9 Å². The average Bonchev–Trinajstić information content (AvgIpc) is 2.35. The van der Waals surface area contributed by atoms with E-state index in [9.17, 15) is 4.79 Å². The fourth-order valence-corrected chi connectivity index (χ4v) is 3.07. The molecule has 0 spiro atoms. The fourth-order valence-electron chi connectivity index (χ4n) is 1.78. The van der Waals surface area contributed by atoms with Gasteiger partial charge in [0.1, 0.15) is 0 Å². The summed E-state index contributed by atoms with van der Waals surface area (Å²) in [7, 11) is 0. The van der Waals surface area contributed by atoms with Gasteiger partial charge in [-0.2, -0.15) is 0 Å². The van der Waals surface area contributed by atoms with Gasteiger partial charge in [-0.3, -0.25) is 4.79 Å². The van der Waals surface area contributed by atoms with E-state index in [1.807, 2.05) is 43.3 Å². The lowest BCUT2D eigenvalue weighted by Gasteiger charge is -2.07. The molecule has 0 unspecified atom stereocenters. The van der Waals surface area contributed by atoms with Crippen molar-refractivity contribution in [3.05, 3.63) is 66.2 Å². The summed E-state index contributed by atoms with van der Waals surface area (Å²) in [6.07, 6.45) is 0.325. The van der Waals surface area contributed by atoms with Crippen LogP contribution in [0.4, 0.5) is 0 Å². The van der Waals surface area contributed by atoms with Crippen LogP contribution in [0.25, 0.3) is 0 Å². The van der Waals surface area contributed by atoms with Gasteiger partial charge < -0.3 is 0 Å². The normalized spacial score (nSPS) is 10.5. The number of ketones is 1. The van der Waals surface area contributed by atoms with Crippen LogP contribution in [0.1, 0.15) is 21.5 Å². The van der Waals surface area contributed by atoms with Gasteiger partial charge in [0.15, 0.2) is 5.78 Å². The van der Waals surface area contributed by atoms with Crippen LogP contribution in [-0.4, -0.2) is 5.78 Å². The number of rotatable bonds is 3. The molecule has 0 N–H and O–H groups in total. The Morgan fingerprint density at radius 1 is 1.26 bits per heavy atom. The number of benzene rings is 2. The monoisotopic (exact) mass is 448 g/mol. The predicted molar refractivity (Wildman–Crippen MR) is 91.1 cm³/mol. The molecule has 0 aliphatic rings. The molecule has 98 valence electrons. The summed E-state index contributed by atoms with van der Waals surface area (Å²) in [6.45, 7) is 1.98. The zero-order valence-electron chi connectivity index (χ0n) is 10.2. The Bertz CT molecular complexity index is 640. The maximum atomic E-state index is 12.3. The summed E-state index contributed by atoms with van der Waals surface area (Å²) in [4.78, 5) is 12.3. The second-order valence-corrected chi connectivity index (χ2v) is 6.80. The summed E-state index contributed by atoms with van der Waals surface area (Å²) in [5.41, 5.74) is 2.69. The Balaban J connectivity index is 2.28. The summed E-state index contributed by atoms with van der Waals surface area (Å²) >= 11 is 11.7. The first-order chi connectivity index (χ1) is 8.97. The number of halogens is 3. The quantitative estimate of drug-likeness (QED) is 0.451. The third-order valence-corrected chi connectivity index (χ3v) is 4.57. The SMILES string of the molecule is Cc1ccc(CC(=O)c2cc(Br)ccc2I)c(Cl)c1. The summed E-state index contributed by atoms with van der Waals surface area (Å²) < 4.78 is 1.86. The van der Waals surface area contributed by atoms with Crippen LogP contribution in [-0.2, 0) is 6.42 Å². The molecule has 0 aromatic heterocycles. The van der Waals surface area contributed by atoms with E-state index >= 15 is 0 Å². The molecule has 0 atom stereocenters. The number of hydrogen-bond donors (Lipinski definition) is 0. The number of carbonyl (C=O) groups excluding carboxylic acids is 1. The van der Waals surface area contributed by atoms with Crippen molar-refractivity contribution in [1.82, 2.24) is 0 Å². The van der Waals surface area contributed by atoms with E-state index in [1.54, 1.807) is 0 Å². The molecule has 2 aromatic carbocycles. The number of carbonyl (C=O) groups is 1. The van der Waals surface area contributed by atoms with Gasteiger partial charge in [-0.05, 0) is 64.9 Å². The fraction of sp³-hybridized carbons (Fsp3) is 0.133. The first kappa shape index (κ1) is 15.0. The molecule has 0 heterocycles. The standard InChI is InChI=1S/C15H11BrClIO/c1-9-2-3-10(13(17)6-9)7-15(19)12-8-11(16)4-5-14(12)18/h2-6,8H,7H2,1H3. The van der Waals surface area contributed by atoms with Gasteiger partial charge in [-0.25, -0.2) is 0 Å². The average molecular weight is 450 g/mol. The summed E-state index contributed by atoms with van der Waals surface area (Å²) in [5.74, 6) is 0.0800. The predicted octanol–water partition coefficient (Wildman–Crippen LogP) is 5.44. The van der Waals surface area contributed by atoms with Crippen LogP contribution in [0.5, 0.6) is 0 Å². The largest absolute Gasteiger partial charge is 0.294 e. The molecule has 2 aromatic rings. The van der Waals surface area contributed by atoms with E-state index in [-0.39, 0.29) is 5.78 Å². The van der Waals surface area contributed by atoms with Gasteiger partial charge in [0, 0.05) is 25.0 Å². The molecule has 1 nitrogen and oxygen atoms in total. The minimum Gasteiger partial charge on any atom is -0.294 e. The van der Waals surface area contributed by atoms with Crippen molar-refractivity contribution < 1.29 is 4.79 Å². The number of aryl methyl sites for hydroxylation is 1. The zero-order valence-corrected chi connectivity index (χ0v) is 14.7. The molecule has 0 saturated heterocycles. The van der Waals surface area contributed by atoms with Crippen LogP contribution in [0, 0.1) is 10.5 Å². The Labute approximate surface area is 139 Å². The molecule has 0 saturated carbocycles. The molecule has 0 fully saturated rings. The van der Waals surface area contributed by atoms with E-state index in [0.717, 1.165) is 24.7 Å². The van der Waals surface area contributed by atoms with Crippen LogP contribution in [0.3, 0.4) is 0 Å². The lowest BCUT2D eigenvalue weighted by Crippen LogP contribution is -2.06. The lowest BCUT2D eigenvalue weighted by molar-refractivity contribution is 0.0992. The van der Waals surface area contributed by atoms with Crippen molar-refractivity contribution in [2.24, 2.45) is 0 Å². The molecular formula is C15H11BrClIO.